The summed E-state index contributed by atoms with van der Waals surface area (Å²) < 4.78 is 32.9. The van der Waals surface area contributed by atoms with Crippen LogP contribution in [0.5, 0.6) is 5.75 Å². The number of pyridine rings is 1. The molecule has 3 aromatic rings. The average Bonchev–Trinajstić information content (AvgIpc) is 2.80. The second kappa shape index (κ2) is 10.5. The van der Waals surface area contributed by atoms with E-state index in [2.05, 4.69) is 15.0 Å². The molecule has 9 heteroatoms. The number of nitrogens with one attached hydrogen (secondary N) is 2. The molecule has 0 radical (unpaired) electrons. The molecule has 2 aromatic carbocycles. The van der Waals surface area contributed by atoms with Crippen molar-refractivity contribution >= 4 is 33.4 Å². The number of rotatable bonds is 9. The number of anilines is 1. The first-order chi connectivity index (χ1) is 15.3. The second-order valence-corrected chi connectivity index (χ2v) is 9.85. The lowest BCUT2D eigenvalue weighted by atomic mass is 10.2. The lowest BCUT2D eigenvalue weighted by molar-refractivity contribution is 0.0939. The van der Waals surface area contributed by atoms with E-state index in [1.165, 1.54) is 31.0 Å². The summed E-state index contributed by atoms with van der Waals surface area (Å²) in [7, 11) is -2.24. The van der Waals surface area contributed by atoms with Gasteiger partial charge in [-0.3, -0.25) is 9.52 Å². The summed E-state index contributed by atoms with van der Waals surface area (Å²) in [6.07, 6.45) is 2.41. The van der Waals surface area contributed by atoms with Gasteiger partial charge in [-0.05, 0) is 61.9 Å². The Morgan fingerprint density at radius 3 is 2.50 bits per heavy atom. The van der Waals surface area contributed by atoms with Crippen LogP contribution in [0.3, 0.4) is 0 Å². The number of methoxy groups -OCH3 is 1. The van der Waals surface area contributed by atoms with E-state index in [1.807, 2.05) is 13.8 Å². The minimum atomic E-state index is -3.73. The molecule has 0 aliphatic carbocycles. The highest BCUT2D eigenvalue weighted by molar-refractivity contribution is 7.99. The van der Waals surface area contributed by atoms with Crippen molar-refractivity contribution in [2.75, 3.05) is 11.8 Å². The van der Waals surface area contributed by atoms with Gasteiger partial charge < -0.3 is 10.1 Å². The predicted molar refractivity (Wildman–Crippen MR) is 126 cm³/mol. The van der Waals surface area contributed by atoms with Crippen molar-refractivity contribution in [3.63, 3.8) is 0 Å². The highest BCUT2D eigenvalue weighted by Gasteiger charge is 2.15. The van der Waals surface area contributed by atoms with Crippen molar-refractivity contribution in [1.29, 1.82) is 0 Å². The van der Waals surface area contributed by atoms with Gasteiger partial charge in [0.1, 0.15) is 10.8 Å². The van der Waals surface area contributed by atoms with Gasteiger partial charge in [-0.1, -0.05) is 24.8 Å². The van der Waals surface area contributed by atoms with Crippen LogP contribution in [0.25, 0.3) is 0 Å². The van der Waals surface area contributed by atoms with Crippen molar-refractivity contribution < 1.29 is 17.9 Å². The molecule has 1 atom stereocenters. The number of aromatic nitrogens is 1. The van der Waals surface area contributed by atoms with E-state index in [4.69, 9.17) is 4.74 Å². The first-order valence-corrected chi connectivity index (χ1v) is 12.3. The fourth-order valence-electron chi connectivity index (χ4n) is 2.68. The van der Waals surface area contributed by atoms with Crippen molar-refractivity contribution in [2.24, 2.45) is 0 Å². The Morgan fingerprint density at radius 1 is 1.12 bits per heavy atom. The third-order valence-electron chi connectivity index (χ3n) is 4.67. The van der Waals surface area contributed by atoms with Crippen LogP contribution in [0.15, 0.2) is 81.7 Å². The van der Waals surface area contributed by atoms with Gasteiger partial charge in [-0.2, -0.15) is 0 Å². The van der Waals surface area contributed by atoms with Gasteiger partial charge in [0, 0.05) is 28.9 Å². The van der Waals surface area contributed by atoms with Crippen LogP contribution in [-0.4, -0.2) is 32.5 Å². The topological polar surface area (TPSA) is 97.4 Å². The Morgan fingerprint density at radius 2 is 1.88 bits per heavy atom. The Bertz CT molecular complexity index is 1160. The molecular weight excluding hydrogens is 446 g/mol. The van der Waals surface area contributed by atoms with Crippen molar-refractivity contribution in [3.05, 3.63) is 72.4 Å². The number of amides is 1. The summed E-state index contributed by atoms with van der Waals surface area (Å²) in [5.74, 6) is 0.326. The van der Waals surface area contributed by atoms with Crippen LogP contribution < -0.4 is 14.8 Å². The predicted octanol–water partition coefficient (Wildman–Crippen LogP) is 4.57. The van der Waals surface area contributed by atoms with E-state index >= 15 is 0 Å². The van der Waals surface area contributed by atoms with Gasteiger partial charge in [0.25, 0.3) is 15.9 Å². The molecule has 1 amide bonds. The summed E-state index contributed by atoms with van der Waals surface area (Å²) in [5.41, 5.74) is 0.958. The minimum absolute atomic E-state index is 0.108. The van der Waals surface area contributed by atoms with Crippen LogP contribution in [-0.2, 0) is 10.0 Å². The van der Waals surface area contributed by atoms with Gasteiger partial charge in [-0.15, -0.1) is 0 Å². The molecule has 1 heterocycles. The number of carbonyl (C=O) groups is 1. The number of sulfonamides is 1. The third kappa shape index (κ3) is 6.24. The molecule has 32 heavy (non-hydrogen) atoms. The van der Waals surface area contributed by atoms with Gasteiger partial charge in [-0.25, -0.2) is 13.4 Å². The van der Waals surface area contributed by atoms with E-state index in [0.717, 1.165) is 16.3 Å². The quantitative estimate of drug-likeness (QED) is 0.474. The molecule has 2 N–H and O–H groups in total. The Kier molecular flexibility index (Phi) is 7.76. The van der Waals surface area contributed by atoms with Crippen LogP contribution in [0.2, 0.25) is 0 Å². The van der Waals surface area contributed by atoms with Gasteiger partial charge in [0.2, 0.25) is 0 Å². The Balaban J connectivity index is 1.64. The molecule has 0 spiro atoms. The van der Waals surface area contributed by atoms with E-state index < -0.39 is 10.0 Å². The first-order valence-electron chi connectivity index (χ1n) is 10.0. The third-order valence-corrected chi connectivity index (χ3v) is 7.01. The number of hydrogen-bond donors (Lipinski definition) is 2. The number of nitrogens with zero attached hydrogens (tertiary/aromatic N) is 1. The fraction of sp³-hybridized carbons (Fsp3) is 0.217. The van der Waals surface area contributed by atoms with Gasteiger partial charge in [0.15, 0.2) is 0 Å². The zero-order valence-electron chi connectivity index (χ0n) is 18.0. The lowest BCUT2D eigenvalue weighted by Gasteiger charge is -2.11. The molecule has 7 nitrogen and oxygen atoms in total. The number of carbonyl (C=O) groups excluding carboxylic acids is 1. The lowest BCUT2D eigenvalue weighted by Crippen LogP contribution is -2.31. The van der Waals surface area contributed by atoms with Crippen LogP contribution in [0.1, 0.15) is 30.6 Å². The summed E-state index contributed by atoms with van der Waals surface area (Å²) in [4.78, 5) is 17.5. The zero-order chi connectivity index (χ0) is 23.1. The van der Waals surface area contributed by atoms with Crippen LogP contribution in [0, 0.1) is 0 Å². The van der Waals surface area contributed by atoms with Crippen LogP contribution in [0.4, 0.5) is 5.69 Å². The average molecular weight is 472 g/mol. The Labute approximate surface area is 192 Å². The summed E-state index contributed by atoms with van der Waals surface area (Å²) in [6, 6.07) is 16.9. The molecule has 1 unspecified atom stereocenters. The zero-order valence-corrected chi connectivity index (χ0v) is 19.7. The molecule has 0 saturated carbocycles. The first kappa shape index (κ1) is 23.6. The van der Waals surface area contributed by atoms with Crippen molar-refractivity contribution in [2.45, 2.75) is 41.1 Å². The summed E-state index contributed by atoms with van der Waals surface area (Å²) in [5, 5.41) is 3.64. The van der Waals surface area contributed by atoms with Gasteiger partial charge in [0.05, 0.1) is 17.6 Å². The molecule has 0 aliphatic heterocycles. The Hall–Kier alpha value is -3.04. The van der Waals surface area contributed by atoms with Crippen LogP contribution >= 0.6 is 11.8 Å². The fourth-order valence-corrected chi connectivity index (χ4v) is 4.53. The monoisotopic (exact) mass is 471 g/mol. The normalized spacial score (nSPS) is 12.1. The van der Waals surface area contributed by atoms with E-state index in [1.54, 1.807) is 54.7 Å². The van der Waals surface area contributed by atoms with E-state index in [9.17, 15) is 13.2 Å². The maximum Gasteiger partial charge on any atom is 0.262 e. The molecule has 168 valence electrons. The summed E-state index contributed by atoms with van der Waals surface area (Å²) >= 11 is 1.42. The number of benzene rings is 2. The number of ether oxygens (including phenoxy) is 1. The molecular formula is C23H25N3O4S2. The number of hydrogen-bond acceptors (Lipinski definition) is 6. The minimum Gasteiger partial charge on any atom is -0.497 e. The smallest absolute Gasteiger partial charge is 0.262 e. The maximum atomic E-state index is 12.6. The highest BCUT2D eigenvalue weighted by Crippen LogP contribution is 2.28. The second-order valence-electron chi connectivity index (χ2n) is 7.08. The maximum absolute atomic E-state index is 12.6. The van der Waals surface area contributed by atoms with E-state index in [0.29, 0.717) is 17.0 Å². The summed E-state index contributed by atoms with van der Waals surface area (Å²) in [6.45, 7) is 3.97. The molecule has 0 saturated heterocycles. The highest BCUT2D eigenvalue weighted by atomic mass is 32.2. The molecule has 0 aliphatic rings. The molecule has 0 fully saturated rings. The van der Waals surface area contributed by atoms with Crippen molar-refractivity contribution in [3.8, 4) is 5.75 Å². The van der Waals surface area contributed by atoms with Crippen molar-refractivity contribution in [1.82, 2.24) is 10.3 Å². The van der Waals surface area contributed by atoms with Gasteiger partial charge >= 0.3 is 0 Å². The SMILES string of the molecule is CCC(C)NC(=O)c1ccc(Sc2ccc(NS(=O)(=O)c3cccc(OC)c3)cc2)nc1. The van der Waals surface area contributed by atoms with E-state index in [-0.39, 0.29) is 16.8 Å². The standard InChI is InChI=1S/C23H25N3O4S2/c1-4-16(2)25-23(27)17-8-13-22(24-15-17)31-20-11-9-18(10-12-20)26-32(28,29)21-7-5-6-19(14-21)30-3/h5-16,26H,4H2,1-3H3,(H,25,27). The molecule has 0 bridgehead atoms. The molecule has 1 aromatic heterocycles. The largest absolute Gasteiger partial charge is 0.497 e. The molecule has 3 rings (SSSR count).